The number of thioether (sulfide) groups is 1. The van der Waals surface area contributed by atoms with Crippen LogP contribution in [0, 0.1) is 12.7 Å². The Morgan fingerprint density at radius 1 is 1.11 bits per heavy atom. The molecule has 45 heavy (non-hydrogen) atoms. The summed E-state index contributed by atoms with van der Waals surface area (Å²) in [6.45, 7) is 6.74. The van der Waals surface area contributed by atoms with E-state index in [1.54, 1.807) is 23.2 Å². The summed E-state index contributed by atoms with van der Waals surface area (Å²) in [7, 11) is 0. The third-order valence-corrected chi connectivity index (χ3v) is 10.5. The summed E-state index contributed by atoms with van der Waals surface area (Å²) in [6, 6.07) is 17.5. The molecule has 0 spiro atoms. The summed E-state index contributed by atoms with van der Waals surface area (Å²) in [5.74, 6) is -0.958. The number of likely N-dealkylation sites (tertiary alicyclic amines) is 1. The van der Waals surface area contributed by atoms with Crippen molar-refractivity contribution < 1.29 is 18.7 Å². The van der Waals surface area contributed by atoms with Gasteiger partial charge in [0, 0.05) is 58.8 Å². The SMILES string of the molecule is Cc1ccc(S[C@]2(C(=O)NCCCN3CCOCC3)CC(=O)N(Cc3ccc(Cl)cc3)[C@@H]2c2c[nH]c3cc(Cl)c(F)cc23)cc1. The maximum Gasteiger partial charge on any atom is 0.239 e. The molecule has 1 aromatic heterocycles. The predicted octanol–water partition coefficient (Wildman–Crippen LogP) is 6.77. The van der Waals surface area contributed by atoms with Gasteiger partial charge in [-0.25, -0.2) is 4.39 Å². The summed E-state index contributed by atoms with van der Waals surface area (Å²) < 4.78 is 19.1. The van der Waals surface area contributed by atoms with Crippen LogP contribution in [0.1, 0.15) is 35.6 Å². The van der Waals surface area contributed by atoms with Crippen LogP contribution in [0.3, 0.4) is 0 Å². The van der Waals surface area contributed by atoms with Gasteiger partial charge >= 0.3 is 0 Å². The zero-order valence-electron chi connectivity index (χ0n) is 25.0. The fourth-order valence-electron chi connectivity index (χ4n) is 6.21. The van der Waals surface area contributed by atoms with Crippen LogP contribution in [0.15, 0.2) is 71.8 Å². The Balaban J connectivity index is 1.40. The minimum atomic E-state index is -1.25. The number of H-pyrrole nitrogens is 1. The largest absolute Gasteiger partial charge is 0.379 e. The molecule has 3 heterocycles. The fraction of sp³-hybridized carbons (Fsp3) is 0.353. The van der Waals surface area contributed by atoms with Crippen LogP contribution in [0.4, 0.5) is 4.39 Å². The van der Waals surface area contributed by atoms with E-state index in [0.29, 0.717) is 41.2 Å². The molecule has 2 saturated heterocycles. The van der Waals surface area contributed by atoms with E-state index in [1.165, 1.54) is 23.9 Å². The molecule has 2 aliphatic rings. The number of ether oxygens (including phenoxy) is 1. The molecule has 0 saturated carbocycles. The summed E-state index contributed by atoms with van der Waals surface area (Å²) in [5.41, 5.74) is 3.24. The van der Waals surface area contributed by atoms with Crippen LogP contribution in [-0.2, 0) is 20.9 Å². The highest BCUT2D eigenvalue weighted by atomic mass is 35.5. The molecular weight excluding hydrogens is 634 g/mol. The second-order valence-corrected chi connectivity index (χ2v) is 13.9. The number of morpholine rings is 1. The van der Waals surface area contributed by atoms with Gasteiger partial charge in [-0.2, -0.15) is 0 Å². The topological polar surface area (TPSA) is 77.7 Å². The summed E-state index contributed by atoms with van der Waals surface area (Å²) in [4.78, 5) is 36.8. The number of nitrogens with zero attached hydrogens (tertiary/aromatic N) is 2. The van der Waals surface area contributed by atoms with Crippen LogP contribution in [0.2, 0.25) is 10.0 Å². The van der Waals surface area contributed by atoms with Gasteiger partial charge in [-0.15, -0.1) is 11.8 Å². The third kappa shape index (κ3) is 6.88. The van der Waals surface area contributed by atoms with Gasteiger partial charge in [-0.3, -0.25) is 14.5 Å². The van der Waals surface area contributed by atoms with Crippen LogP contribution in [0.25, 0.3) is 10.9 Å². The van der Waals surface area contributed by atoms with Gasteiger partial charge in [-0.05, 0) is 61.9 Å². The van der Waals surface area contributed by atoms with Crippen molar-refractivity contribution in [2.45, 2.75) is 42.0 Å². The van der Waals surface area contributed by atoms with E-state index >= 15 is 0 Å². The molecule has 236 valence electrons. The van der Waals surface area contributed by atoms with Gasteiger partial charge in [0.05, 0.1) is 30.7 Å². The van der Waals surface area contributed by atoms with E-state index in [-0.39, 0.29) is 29.8 Å². The Bertz CT molecular complexity index is 1680. The lowest BCUT2D eigenvalue weighted by Gasteiger charge is -2.36. The number of aryl methyl sites for hydroxylation is 1. The lowest BCUT2D eigenvalue weighted by molar-refractivity contribution is -0.129. The minimum Gasteiger partial charge on any atom is -0.379 e. The lowest BCUT2D eigenvalue weighted by atomic mass is 9.91. The number of carbonyl (C=O) groups excluding carboxylic acids is 2. The van der Waals surface area contributed by atoms with Gasteiger partial charge < -0.3 is 19.9 Å². The normalized spacial score (nSPS) is 20.7. The molecule has 2 aliphatic heterocycles. The van der Waals surface area contributed by atoms with Crippen LogP contribution in [0.5, 0.6) is 0 Å². The second-order valence-electron chi connectivity index (χ2n) is 11.7. The van der Waals surface area contributed by atoms with Crippen LogP contribution < -0.4 is 5.32 Å². The number of aromatic amines is 1. The Kier molecular flexibility index (Phi) is 9.73. The first kappa shape index (κ1) is 31.9. The van der Waals surface area contributed by atoms with Crippen LogP contribution >= 0.6 is 35.0 Å². The standard InChI is InChI=1S/C34H35Cl2FN4O3S/c1-22-3-9-25(10-4-22)45-34(33(43)38-11-2-12-40-13-15-44-16-14-40)19-31(42)41(21-23-5-7-24(35)8-6-23)32(34)27-20-39-30-18-28(36)29(37)17-26(27)30/h3-10,17-18,20,32,39H,2,11-16,19,21H2,1H3,(H,38,43)/t32-,34-/m1/s1. The van der Waals surface area contributed by atoms with Crippen molar-refractivity contribution in [3.63, 3.8) is 0 Å². The number of benzene rings is 3. The minimum absolute atomic E-state index is 0.00489. The number of hydrogen-bond donors (Lipinski definition) is 2. The fourth-order valence-corrected chi connectivity index (χ4v) is 7.92. The predicted molar refractivity (Wildman–Crippen MR) is 177 cm³/mol. The van der Waals surface area contributed by atoms with Crippen molar-refractivity contribution in [1.29, 1.82) is 0 Å². The van der Waals surface area contributed by atoms with Gasteiger partial charge in [0.2, 0.25) is 11.8 Å². The van der Waals surface area contributed by atoms with E-state index in [0.717, 1.165) is 42.1 Å². The van der Waals surface area contributed by atoms with Crippen molar-refractivity contribution in [2.75, 3.05) is 39.4 Å². The van der Waals surface area contributed by atoms with E-state index in [2.05, 4.69) is 15.2 Å². The molecule has 2 amide bonds. The van der Waals surface area contributed by atoms with Crippen LogP contribution in [-0.4, -0.2) is 70.7 Å². The number of aromatic nitrogens is 1. The number of hydrogen-bond acceptors (Lipinski definition) is 5. The maximum atomic E-state index is 14.9. The first-order valence-electron chi connectivity index (χ1n) is 15.1. The number of nitrogens with one attached hydrogen (secondary N) is 2. The quantitative estimate of drug-likeness (QED) is 0.183. The molecule has 4 aromatic rings. The maximum absolute atomic E-state index is 14.9. The van der Waals surface area contributed by atoms with Gasteiger partial charge in [0.15, 0.2) is 0 Å². The molecule has 6 rings (SSSR count). The molecule has 0 aliphatic carbocycles. The van der Waals surface area contributed by atoms with Crippen molar-refractivity contribution >= 4 is 57.7 Å². The van der Waals surface area contributed by atoms with E-state index < -0.39 is 16.6 Å². The first-order chi connectivity index (χ1) is 21.7. The third-order valence-electron chi connectivity index (χ3n) is 8.55. The van der Waals surface area contributed by atoms with Crippen molar-refractivity contribution in [2.24, 2.45) is 0 Å². The molecule has 11 heteroatoms. The van der Waals surface area contributed by atoms with Gasteiger partial charge in [-0.1, -0.05) is 53.0 Å². The first-order valence-corrected chi connectivity index (χ1v) is 16.6. The smallest absolute Gasteiger partial charge is 0.239 e. The zero-order valence-corrected chi connectivity index (χ0v) is 27.3. The number of rotatable bonds is 10. The molecular formula is C34H35Cl2FN4O3S. The number of fused-ring (bicyclic) bond motifs is 1. The zero-order chi connectivity index (χ0) is 31.6. The average molecular weight is 670 g/mol. The Hall–Kier alpha value is -3.08. The van der Waals surface area contributed by atoms with Crippen molar-refractivity contribution in [3.05, 3.63) is 99.4 Å². The van der Waals surface area contributed by atoms with Gasteiger partial charge in [0.1, 0.15) is 10.6 Å². The van der Waals surface area contributed by atoms with E-state index in [9.17, 15) is 14.0 Å². The molecule has 2 atom stereocenters. The summed E-state index contributed by atoms with van der Waals surface area (Å²) in [5, 5.41) is 4.35. The van der Waals surface area contributed by atoms with E-state index in [4.69, 9.17) is 27.9 Å². The van der Waals surface area contributed by atoms with Crippen molar-refractivity contribution in [1.82, 2.24) is 20.1 Å². The average Bonchev–Trinajstić information content (AvgIpc) is 3.55. The lowest BCUT2D eigenvalue weighted by Crippen LogP contribution is -2.48. The van der Waals surface area contributed by atoms with Crippen molar-refractivity contribution in [3.8, 4) is 0 Å². The Labute approximate surface area is 276 Å². The Morgan fingerprint density at radius 3 is 2.58 bits per heavy atom. The molecule has 2 fully saturated rings. The molecule has 7 nitrogen and oxygen atoms in total. The van der Waals surface area contributed by atoms with Gasteiger partial charge in [0.25, 0.3) is 0 Å². The molecule has 2 N–H and O–H groups in total. The molecule has 0 unspecified atom stereocenters. The molecule has 0 bridgehead atoms. The molecule has 0 radical (unpaired) electrons. The second kappa shape index (κ2) is 13.7. The van der Waals surface area contributed by atoms with E-state index in [1.807, 2.05) is 43.3 Å². The monoisotopic (exact) mass is 668 g/mol. The highest BCUT2D eigenvalue weighted by Crippen LogP contribution is 2.54. The highest BCUT2D eigenvalue weighted by Gasteiger charge is 2.58. The molecule has 3 aromatic carbocycles. The Morgan fingerprint density at radius 2 is 1.84 bits per heavy atom. The number of carbonyl (C=O) groups is 2. The number of amides is 2. The summed E-state index contributed by atoms with van der Waals surface area (Å²) >= 11 is 13.7. The highest BCUT2D eigenvalue weighted by molar-refractivity contribution is 8.01. The summed E-state index contributed by atoms with van der Waals surface area (Å²) in [6.07, 6.45) is 2.51. The number of halogens is 3.